The molecule has 1 aromatic heterocycles. The Bertz CT molecular complexity index is 2110. The molecule has 402 valence electrons. The molecule has 0 aromatic carbocycles. The Morgan fingerprint density at radius 3 is 2.40 bits per heavy atom. The van der Waals surface area contributed by atoms with Crippen LogP contribution >= 0.6 is 0 Å². The van der Waals surface area contributed by atoms with Crippen molar-refractivity contribution in [1.29, 1.82) is 0 Å². The highest BCUT2D eigenvalue weighted by Gasteiger charge is 2.49. The second-order valence-corrected chi connectivity index (χ2v) is 20.5. The summed E-state index contributed by atoms with van der Waals surface area (Å²) >= 11 is 0. The van der Waals surface area contributed by atoms with Crippen molar-refractivity contribution in [3.8, 4) is 0 Å². The van der Waals surface area contributed by atoms with Crippen LogP contribution < -0.4 is 5.73 Å². The first-order chi connectivity index (χ1) is 34.3. The first-order valence-corrected chi connectivity index (χ1v) is 25.8. The minimum atomic E-state index is -2.43. The number of aromatic nitrogens is 3. The van der Waals surface area contributed by atoms with Crippen molar-refractivity contribution in [2.24, 2.45) is 29.4 Å². The lowest BCUT2D eigenvalue weighted by Gasteiger charge is -2.40. The number of fused-ring (bicyclic) bond motifs is 3. The lowest BCUT2D eigenvalue weighted by molar-refractivity contribution is -0.245. The number of ether oxygens (including phenoxy) is 5. The number of Topliss-reactive ketones (excluding diaryl/α,β-unsaturated/α-hetero) is 3. The largest absolute Gasteiger partial charge is 0.459 e. The minimum absolute atomic E-state index is 0.0305. The third kappa shape index (κ3) is 15.9. The van der Waals surface area contributed by atoms with E-state index in [2.05, 4.69) is 10.3 Å². The first-order valence-electron chi connectivity index (χ1n) is 25.8. The van der Waals surface area contributed by atoms with Gasteiger partial charge in [-0.05, 0) is 101 Å². The molecule has 2 bridgehead atoms. The number of ketones is 3. The van der Waals surface area contributed by atoms with Crippen molar-refractivity contribution >= 4 is 29.2 Å². The Labute approximate surface area is 424 Å². The number of hydrogen-bond donors (Lipinski definition) is 5. The Hall–Kier alpha value is -4.31. The number of carbonyl (C=O) groups excluding carboxylic acids is 5. The van der Waals surface area contributed by atoms with Gasteiger partial charge in [0, 0.05) is 57.9 Å². The molecule has 2 saturated heterocycles. The van der Waals surface area contributed by atoms with E-state index in [0.29, 0.717) is 69.9 Å². The smallest absolute Gasteiger partial charge is 0.329 e. The van der Waals surface area contributed by atoms with Crippen LogP contribution in [-0.4, -0.2) is 158 Å². The van der Waals surface area contributed by atoms with Crippen molar-refractivity contribution in [2.75, 3.05) is 34.0 Å². The monoisotopic (exact) mass is 1010 g/mol. The number of aliphatic hydroxyl groups excluding tert-OH is 3. The number of carbonyl (C=O) groups is 5. The van der Waals surface area contributed by atoms with Crippen LogP contribution in [0, 0.1) is 23.7 Å². The number of rotatable bonds is 10. The molecule has 4 heterocycles. The summed E-state index contributed by atoms with van der Waals surface area (Å²) in [7, 11) is 3.17. The van der Waals surface area contributed by atoms with Gasteiger partial charge in [-0.15, -0.1) is 5.10 Å². The van der Waals surface area contributed by atoms with Gasteiger partial charge in [0.15, 0.2) is 5.78 Å². The molecule has 1 saturated carbocycles. The van der Waals surface area contributed by atoms with Crippen molar-refractivity contribution < 1.29 is 68.1 Å². The molecule has 3 fully saturated rings. The standard InChI is InChI=1S/C53H81N5O14/c1-32-14-9-8-10-15-33(2)44(68-6)28-39-16-13-20-53(67,72-39)50(64)51(65)57-21-12-11-17-42(57)52(66)71-45(29-43(60)34(3)25-36(5)48(62)49(63)47(61)35(4)24-32)40(54)26-37-18-19-41(46(27-37)69-7)58-30-38(55-56-58)31-70-23-22-59/h8-10,14-15,25,30,32,34-35,37,39-42,44-46,48-49,59,62-63,67H,11-13,16-24,26-29,31,54H2,1-7H3/b10-8?,14-9+,33-15?,36-25+/t32-,34-,35-,37+,39+,40-,41+,42+,44+,45+,46-,48?,49+,53-/m1/s1. The van der Waals surface area contributed by atoms with Crippen LogP contribution in [0.15, 0.2) is 53.8 Å². The summed E-state index contributed by atoms with van der Waals surface area (Å²) in [6.07, 6.45) is 11.3. The highest BCUT2D eigenvalue weighted by Crippen LogP contribution is 2.37. The Morgan fingerprint density at radius 2 is 1.68 bits per heavy atom. The summed E-state index contributed by atoms with van der Waals surface area (Å²) in [6.45, 7) is 8.97. The highest BCUT2D eigenvalue weighted by atomic mass is 16.6. The number of allylic oxidation sites excluding steroid dienone is 6. The molecular formula is C53H81N5O14. The van der Waals surface area contributed by atoms with E-state index in [1.807, 2.05) is 44.2 Å². The number of amides is 1. The number of piperidine rings is 1. The van der Waals surface area contributed by atoms with Gasteiger partial charge >= 0.3 is 5.97 Å². The number of hydrogen-bond acceptors (Lipinski definition) is 17. The summed E-state index contributed by atoms with van der Waals surface area (Å²) < 4.78 is 31.1. The maximum Gasteiger partial charge on any atom is 0.329 e. The molecule has 3 aliphatic heterocycles. The molecule has 72 heavy (non-hydrogen) atoms. The molecule has 1 unspecified atom stereocenters. The number of esters is 1. The molecule has 0 radical (unpaired) electrons. The summed E-state index contributed by atoms with van der Waals surface area (Å²) in [5.74, 6) is -8.02. The first kappa shape index (κ1) is 58.6. The van der Waals surface area contributed by atoms with E-state index in [1.165, 1.54) is 13.0 Å². The summed E-state index contributed by atoms with van der Waals surface area (Å²) in [4.78, 5) is 71.4. The number of cyclic esters (lactones) is 1. The van der Waals surface area contributed by atoms with E-state index in [0.717, 1.165) is 10.5 Å². The topological polar surface area (TPSA) is 272 Å². The van der Waals surface area contributed by atoms with Crippen molar-refractivity contribution in [2.45, 2.75) is 185 Å². The Kier molecular flexibility index (Phi) is 22.6. The lowest BCUT2D eigenvalue weighted by atomic mass is 9.79. The maximum absolute atomic E-state index is 14.4. The molecule has 19 heteroatoms. The Morgan fingerprint density at radius 1 is 0.917 bits per heavy atom. The van der Waals surface area contributed by atoms with Crippen molar-refractivity contribution in [1.82, 2.24) is 19.9 Å². The number of methoxy groups -OCH3 is 2. The van der Waals surface area contributed by atoms with Crippen LogP contribution in [-0.2, 0) is 54.3 Å². The van der Waals surface area contributed by atoms with Gasteiger partial charge in [-0.25, -0.2) is 9.48 Å². The quantitative estimate of drug-likeness (QED) is 0.0961. The van der Waals surface area contributed by atoms with Gasteiger partial charge in [0.2, 0.25) is 5.79 Å². The van der Waals surface area contributed by atoms with E-state index in [4.69, 9.17) is 34.5 Å². The van der Waals surface area contributed by atoms with Crippen molar-refractivity contribution in [3.63, 3.8) is 0 Å². The molecule has 5 rings (SSSR count). The second-order valence-electron chi connectivity index (χ2n) is 20.5. The fourth-order valence-corrected chi connectivity index (χ4v) is 10.6. The van der Waals surface area contributed by atoms with E-state index in [-0.39, 0.29) is 75.2 Å². The average Bonchev–Trinajstić information content (AvgIpc) is 3.84. The maximum atomic E-state index is 14.4. The zero-order valence-corrected chi connectivity index (χ0v) is 43.3. The number of aliphatic hydroxyl groups is 4. The number of nitrogens with zero attached hydrogens (tertiary/aromatic N) is 4. The predicted octanol–water partition coefficient (Wildman–Crippen LogP) is 3.95. The van der Waals surface area contributed by atoms with Gasteiger partial charge in [-0.3, -0.25) is 19.2 Å². The van der Waals surface area contributed by atoms with E-state index in [1.54, 1.807) is 38.9 Å². The predicted molar refractivity (Wildman–Crippen MR) is 264 cm³/mol. The SMILES string of the molecule is CO[C@H]1C[C@@H]2CCC[C@@](O)(O2)C(=O)C(=O)N2CCCC[C@H]2C(=O)O[C@H]([C@H](N)C[C@@H]2CC[C@H](n3cc(COCCO)nn3)[C@H](OC)C2)CC(=O)[C@H](C)/C=C(\C)C(O)[C@@H](O)C(=O)[C@H](C)C[C@H](C)/C=C/C=CC=C1C. The zero-order chi connectivity index (χ0) is 52.7. The average molecular weight is 1010 g/mol. The molecule has 1 aromatic rings. The molecule has 1 amide bonds. The van der Waals surface area contributed by atoms with Crippen molar-refractivity contribution in [3.05, 3.63) is 59.5 Å². The third-order valence-corrected chi connectivity index (χ3v) is 14.9. The van der Waals surface area contributed by atoms with Crippen LogP contribution in [0.4, 0.5) is 0 Å². The summed E-state index contributed by atoms with van der Waals surface area (Å²) in [5.41, 5.74) is 8.63. The van der Waals surface area contributed by atoms with Crippen LogP contribution in [0.25, 0.3) is 0 Å². The highest BCUT2D eigenvalue weighted by molar-refractivity contribution is 6.39. The Balaban J connectivity index is 1.42. The van der Waals surface area contributed by atoms with Gasteiger partial charge < -0.3 is 54.7 Å². The fourth-order valence-electron chi connectivity index (χ4n) is 10.6. The molecule has 1 aliphatic carbocycles. The molecule has 6 N–H and O–H groups in total. The molecular weight excluding hydrogens is 931 g/mol. The fraction of sp³-hybridized carbons (Fsp3) is 0.717. The van der Waals surface area contributed by atoms with Crippen LogP contribution in [0.2, 0.25) is 0 Å². The van der Waals surface area contributed by atoms with Crippen LogP contribution in [0.5, 0.6) is 0 Å². The van der Waals surface area contributed by atoms with Crippen LogP contribution in [0.3, 0.4) is 0 Å². The normalized spacial score (nSPS) is 35.4. The van der Waals surface area contributed by atoms with E-state index >= 15 is 0 Å². The summed E-state index contributed by atoms with van der Waals surface area (Å²) in [6, 6.07) is -2.24. The third-order valence-electron chi connectivity index (χ3n) is 14.9. The van der Waals surface area contributed by atoms with E-state index in [9.17, 15) is 39.3 Å². The molecule has 14 atom stereocenters. The second kappa shape index (κ2) is 27.8. The molecule has 4 aliphatic rings. The molecule has 19 nitrogen and oxygen atoms in total. The van der Waals surface area contributed by atoms with Crippen LogP contribution in [0.1, 0.15) is 130 Å². The zero-order valence-electron chi connectivity index (χ0n) is 43.3. The van der Waals surface area contributed by atoms with Gasteiger partial charge in [-0.2, -0.15) is 0 Å². The van der Waals surface area contributed by atoms with Gasteiger partial charge in [-0.1, -0.05) is 62.4 Å². The molecule has 0 spiro atoms. The number of nitrogens with two attached hydrogens (primary N) is 1. The summed E-state index contributed by atoms with van der Waals surface area (Å²) in [5, 5.41) is 51.6. The lowest BCUT2D eigenvalue weighted by Crippen LogP contribution is -2.58. The minimum Gasteiger partial charge on any atom is -0.459 e. The van der Waals surface area contributed by atoms with Gasteiger partial charge in [0.25, 0.3) is 11.7 Å². The van der Waals surface area contributed by atoms with Gasteiger partial charge in [0.05, 0.1) is 50.4 Å². The van der Waals surface area contributed by atoms with Gasteiger partial charge in [0.1, 0.15) is 35.8 Å². The van der Waals surface area contributed by atoms with E-state index < -0.39 is 89.5 Å².